The van der Waals surface area contributed by atoms with Gasteiger partial charge in [0.25, 0.3) is 5.91 Å². The Morgan fingerprint density at radius 2 is 2.30 bits per heavy atom. The van der Waals surface area contributed by atoms with Gasteiger partial charge >= 0.3 is 0 Å². The molecule has 1 aliphatic heterocycles. The third-order valence-corrected chi connectivity index (χ3v) is 4.63. The van der Waals surface area contributed by atoms with Crippen LogP contribution in [0.25, 0.3) is 0 Å². The van der Waals surface area contributed by atoms with Crippen molar-refractivity contribution < 1.29 is 4.79 Å². The summed E-state index contributed by atoms with van der Waals surface area (Å²) in [6, 6.07) is 0.121. The summed E-state index contributed by atoms with van der Waals surface area (Å²) in [5, 5.41) is 0. The maximum atomic E-state index is 12.6. The maximum absolute atomic E-state index is 12.6. The van der Waals surface area contributed by atoms with Crippen LogP contribution in [0.5, 0.6) is 0 Å². The van der Waals surface area contributed by atoms with Crippen LogP contribution < -0.4 is 0 Å². The number of likely N-dealkylation sites (N-methyl/N-ethyl adjacent to an activating group) is 1. The number of thiazole rings is 1. The molecule has 2 aromatic rings. The monoisotopic (exact) mass is 291 g/mol. The Bertz CT molecular complexity index is 594. The van der Waals surface area contributed by atoms with E-state index in [0.29, 0.717) is 6.54 Å². The van der Waals surface area contributed by atoms with Crippen molar-refractivity contribution in [3.63, 3.8) is 0 Å². The van der Waals surface area contributed by atoms with Crippen molar-refractivity contribution in [1.29, 1.82) is 0 Å². The summed E-state index contributed by atoms with van der Waals surface area (Å²) in [6.07, 6.45) is 3.56. The summed E-state index contributed by atoms with van der Waals surface area (Å²) in [5.74, 6) is 0.987. The van der Waals surface area contributed by atoms with Gasteiger partial charge in [0.2, 0.25) is 0 Å². The van der Waals surface area contributed by atoms with Crippen molar-refractivity contribution in [3.05, 3.63) is 34.3 Å². The smallest absolute Gasteiger partial charge is 0.265 e. The highest BCUT2D eigenvalue weighted by atomic mass is 32.1. The van der Waals surface area contributed by atoms with Gasteiger partial charge in [0.15, 0.2) is 0 Å². The normalized spacial score (nSPS) is 20.3. The van der Waals surface area contributed by atoms with Gasteiger partial charge in [0, 0.05) is 32.0 Å². The van der Waals surface area contributed by atoms with Crippen molar-refractivity contribution in [3.8, 4) is 0 Å². The molecule has 1 saturated heterocycles. The standard InChI is InChI=1S/C13H17N5OS/c1-9-11(20-8-16-9)13(19)18-6-5-17(2)10(7-18)12-14-3-4-15-12/h3-4,8,10H,5-7H2,1-2H3,(H,14,15)/t10-/m1/s1. The van der Waals surface area contributed by atoms with Gasteiger partial charge in [0.1, 0.15) is 10.7 Å². The highest BCUT2D eigenvalue weighted by Crippen LogP contribution is 2.24. The third kappa shape index (κ3) is 2.34. The topological polar surface area (TPSA) is 65.1 Å². The van der Waals surface area contributed by atoms with Crippen LogP contribution in [0.15, 0.2) is 17.9 Å². The molecule has 0 spiro atoms. The minimum Gasteiger partial charge on any atom is -0.347 e. The molecule has 0 unspecified atom stereocenters. The molecule has 2 aromatic heterocycles. The number of carbonyl (C=O) groups is 1. The quantitative estimate of drug-likeness (QED) is 0.906. The molecule has 1 fully saturated rings. The first-order valence-electron chi connectivity index (χ1n) is 6.55. The molecule has 0 aliphatic carbocycles. The number of hydrogen-bond acceptors (Lipinski definition) is 5. The molecular formula is C13H17N5OS. The number of nitrogens with zero attached hydrogens (tertiary/aromatic N) is 4. The molecular weight excluding hydrogens is 274 g/mol. The number of hydrogen-bond donors (Lipinski definition) is 1. The zero-order valence-electron chi connectivity index (χ0n) is 11.5. The number of imidazole rings is 1. The van der Waals surface area contributed by atoms with Gasteiger partial charge < -0.3 is 9.88 Å². The Hall–Kier alpha value is -1.73. The van der Waals surface area contributed by atoms with E-state index >= 15 is 0 Å². The Morgan fingerprint density at radius 3 is 2.95 bits per heavy atom. The molecule has 106 valence electrons. The number of nitrogens with one attached hydrogen (secondary N) is 1. The summed E-state index contributed by atoms with van der Waals surface area (Å²) in [7, 11) is 2.06. The van der Waals surface area contributed by atoms with Gasteiger partial charge in [-0.3, -0.25) is 9.69 Å². The molecule has 0 bridgehead atoms. The van der Waals surface area contributed by atoms with E-state index in [2.05, 4.69) is 26.9 Å². The van der Waals surface area contributed by atoms with Crippen molar-refractivity contribution >= 4 is 17.2 Å². The summed E-state index contributed by atoms with van der Waals surface area (Å²) in [5.41, 5.74) is 2.54. The van der Waals surface area contributed by atoms with Gasteiger partial charge in [0.05, 0.1) is 17.2 Å². The van der Waals surface area contributed by atoms with Crippen LogP contribution in [-0.4, -0.2) is 57.3 Å². The van der Waals surface area contributed by atoms with E-state index < -0.39 is 0 Å². The van der Waals surface area contributed by atoms with Gasteiger partial charge in [-0.15, -0.1) is 11.3 Å². The molecule has 0 aromatic carbocycles. The Labute approximate surface area is 121 Å². The second kappa shape index (κ2) is 5.34. The molecule has 20 heavy (non-hydrogen) atoms. The number of amides is 1. The van der Waals surface area contributed by atoms with E-state index in [9.17, 15) is 4.79 Å². The Kier molecular flexibility index (Phi) is 3.54. The SMILES string of the molecule is Cc1ncsc1C(=O)N1CCN(C)[C@@H](c2ncc[nH]2)C1. The van der Waals surface area contributed by atoms with Crippen LogP contribution in [0.2, 0.25) is 0 Å². The highest BCUT2D eigenvalue weighted by molar-refractivity contribution is 7.11. The average molecular weight is 291 g/mol. The number of H-pyrrole nitrogens is 1. The molecule has 1 N–H and O–H groups in total. The molecule has 6 nitrogen and oxygen atoms in total. The predicted molar refractivity (Wildman–Crippen MR) is 76.7 cm³/mol. The number of aromatic nitrogens is 3. The van der Waals surface area contributed by atoms with Crippen LogP contribution in [0.1, 0.15) is 27.2 Å². The van der Waals surface area contributed by atoms with E-state index in [1.165, 1.54) is 11.3 Å². The second-order valence-electron chi connectivity index (χ2n) is 4.99. The van der Waals surface area contributed by atoms with Gasteiger partial charge in [-0.1, -0.05) is 0 Å². The lowest BCUT2D eigenvalue weighted by Crippen LogP contribution is -2.49. The zero-order valence-corrected chi connectivity index (χ0v) is 12.4. The lowest BCUT2D eigenvalue weighted by molar-refractivity contribution is 0.0538. The van der Waals surface area contributed by atoms with E-state index in [0.717, 1.165) is 29.5 Å². The number of carbonyl (C=O) groups excluding carboxylic acids is 1. The molecule has 0 saturated carbocycles. The molecule has 3 rings (SSSR count). The number of piperazine rings is 1. The van der Waals surface area contributed by atoms with Crippen molar-refractivity contribution in [2.75, 3.05) is 26.7 Å². The fourth-order valence-electron chi connectivity index (χ4n) is 2.46. The predicted octanol–water partition coefficient (Wildman–Crippen LogP) is 1.30. The maximum Gasteiger partial charge on any atom is 0.265 e. The summed E-state index contributed by atoms with van der Waals surface area (Å²) in [6.45, 7) is 4.11. The Morgan fingerprint density at radius 1 is 1.45 bits per heavy atom. The fraction of sp³-hybridized carbons (Fsp3) is 0.462. The molecule has 7 heteroatoms. The number of rotatable bonds is 2. The number of aryl methyl sites for hydroxylation is 1. The summed E-state index contributed by atoms with van der Waals surface area (Å²) >= 11 is 1.41. The first-order valence-corrected chi connectivity index (χ1v) is 7.43. The summed E-state index contributed by atoms with van der Waals surface area (Å²) in [4.78, 5) is 29.0. The van der Waals surface area contributed by atoms with E-state index in [4.69, 9.17) is 0 Å². The van der Waals surface area contributed by atoms with Gasteiger partial charge in [-0.2, -0.15) is 0 Å². The van der Waals surface area contributed by atoms with Crippen molar-refractivity contribution in [2.24, 2.45) is 0 Å². The van der Waals surface area contributed by atoms with Crippen LogP contribution in [0, 0.1) is 6.92 Å². The van der Waals surface area contributed by atoms with E-state index in [1.54, 1.807) is 11.7 Å². The molecule has 0 radical (unpaired) electrons. The lowest BCUT2D eigenvalue weighted by atomic mass is 10.1. The number of aromatic amines is 1. The van der Waals surface area contributed by atoms with Crippen LogP contribution in [-0.2, 0) is 0 Å². The average Bonchev–Trinajstić information content (AvgIpc) is 3.09. The second-order valence-corrected chi connectivity index (χ2v) is 5.84. The van der Waals surface area contributed by atoms with Crippen molar-refractivity contribution in [2.45, 2.75) is 13.0 Å². The van der Waals surface area contributed by atoms with Gasteiger partial charge in [-0.25, -0.2) is 9.97 Å². The van der Waals surface area contributed by atoms with E-state index in [-0.39, 0.29) is 11.9 Å². The van der Waals surface area contributed by atoms with Crippen LogP contribution in [0.4, 0.5) is 0 Å². The minimum atomic E-state index is 0.0784. The lowest BCUT2D eigenvalue weighted by Gasteiger charge is -2.38. The first-order chi connectivity index (χ1) is 9.66. The van der Waals surface area contributed by atoms with Gasteiger partial charge in [-0.05, 0) is 14.0 Å². The van der Waals surface area contributed by atoms with Crippen LogP contribution >= 0.6 is 11.3 Å². The first kappa shape index (κ1) is 13.3. The Balaban J connectivity index is 1.79. The highest BCUT2D eigenvalue weighted by Gasteiger charge is 2.31. The molecule has 3 heterocycles. The van der Waals surface area contributed by atoms with Crippen LogP contribution in [0.3, 0.4) is 0 Å². The fourth-order valence-corrected chi connectivity index (χ4v) is 3.23. The zero-order chi connectivity index (χ0) is 14.1. The minimum absolute atomic E-state index is 0.0784. The molecule has 1 amide bonds. The van der Waals surface area contributed by atoms with E-state index in [1.807, 2.05) is 18.0 Å². The molecule has 1 atom stereocenters. The third-order valence-electron chi connectivity index (χ3n) is 3.71. The molecule has 1 aliphatic rings. The largest absolute Gasteiger partial charge is 0.347 e. The summed E-state index contributed by atoms with van der Waals surface area (Å²) < 4.78 is 0. The van der Waals surface area contributed by atoms with Crippen molar-refractivity contribution in [1.82, 2.24) is 24.8 Å².